The summed E-state index contributed by atoms with van der Waals surface area (Å²) in [4.78, 5) is 1.13. The summed E-state index contributed by atoms with van der Waals surface area (Å²) in [6.07, 6.45) is 0.539. The van der Waals surface area contributed by atoms with Crippen LogP contribution in [0.5, 0.6) is 17.2 Å². The van der Waals surface area contributed by atoms with E-state index in [0.29, 0.717) is 5.75 Å². The molecule has 2 aliphatic heterocycles. The third-order valence-electron chi connectivity index (χ3n) is 5.00. The fraction of sp³-hybridized carbons (Fsp3) is 0.190. The number of rotatable bonds is 3. The van der Waals surface area contributed by atoms with Gasteiger partial charge in [-0.2, -0.15) is 5.10 Å². The SMILES string of the molecule is COc1cc(C2=NN3C(C2)c2ccccc2OC3c2cccs2)ccc1O. The second kappa shape index (κ2) is 6.32. The molecule has 0 fully saturated rings. The van der Waals surface area contributed by atoms with E-state index >= 15 is 0 Å². The average Bonchev–Trinajstić information content (AvgIpc) is 3.38. The number of aromatic hydroxyl groups is 1. The maximum absolute atomic E-state index is 9.89. The molecule has 0 saturated heterocycles. The van der Waals surface area contributed by atoms with Crippen molar-refractivity contribution >= 4 is 17.0 Å². The molecule has 3 heterocycles. The number of fused-ring (bicyclic) bond motifs is 3. The molecule has 5 rings (SSSR count). The molecular formula is C21H18N2O3S. The molecule has 2 atom stereocenters. The first-order chi connectivity index (χ1) is 13.2. The molecule has 0 spiro atoms. The molecule has 27 heavy (non-hydrogen) atoms. The van der Waals surface area contributed by atoms with Crippen LogP contribution in [0, 0.1) is 0 Å². The zero-order valence-electron chi connectivity index (χ0n) is 14.7. The van der Waals surface area contributed by atoms with Crippen LogP contribution in [0.4, 0.5) is 0 Å². The maximum atomic E-state index is 9.89. The smallest absolute Gasteiger partial charge is 0.222 e. The molecule has 0 saturated carbocycles. The molecule has 0 amide bonds. The number of methoxy groups -OCH3 is 1. The standard InChI is InChI=1S/C21H18N2O3S/c1-25-19-11-13(8-9-17(19)24)15-12-16-14-5-2-3-6-18(14)26-21(23(16)22-15)20-7-4-10-27-20/h2-11,16,21,24H,12H2,1H3. The summed E-state index contributed by atoms with van der Waals surface area (Å²) in [5.41, 5.74) is 3.05. The first kappa shape index (κ1) is 16.2. The van der Waals surface area contributed by atoms with E-state index in [1.54, 1.807) is 24.5 Å². The highest BCUT2D eigenvalue weighted by molar-refractivity contribution is 7.10. The molecule has 2 aliphatic rings. The molecule has 6 heteroatoms. The van der Waals surface area contributed by atoms with Crippen molar-refractivity contribution in [2.45, 2.75) is 18.7 Å². The van der Waals surface area contributed by atoms with Crippen LogP contribution in [0.25, 0.3) is 0 Å². The van der Waals surface area contributed by atoms with Gasteiger partial charge in [-0.05, 0) is 35.7 Å². The maximum Gasteiger partial charge on any atom is 0.222 e. The highest BCUT2D eigenvalue weighted by Gasteiger charge is 2.41. The summed E-state index contributed by atoms with van der Waals surface area (Å²) < 4.78 is 11.6. The van der Waals surface area contributed by atoms with Crippen molar-refractivity contribution in [2.75, 3.05) is 7.11 Å². The number of benzene rings is 2. The normalized spacial score (nSPS) is 20.5. The minimum atomic E-state index is -0.235. The van der Waals surface area contributed by atoms with Gasteiger partial charge in [-0.1, -0.05) is 24.3 Å². The van der Waals surface area contributed by atoms with Gasteiger partial charge in [0.05, 0.1) is 23.7 Å². The van der Waals surface area contributed by atoms with E-state index in [1.165, 1.54) is 0 Å². The van der Waals surface area contributed by atoms with E-state index in [4.69, 9.17) is 14.6 Å². The van der Waals surface area contributed by atoms with Gasteiger partial charge in [-0.15, -0.1) is 11.3 Å². The molecule has 0 radical (unpaired) electrons. The molecule has 2 unspecified atom stereocenters. The van der Waals surface area contributed by atoms with Gasteiger partial charge in [0.2, 0.25) is 6.23 Å². The molecular weight excluding hydrogens is 360 g/mol. The zero-order valence-corrected chi connectivity index (χ0v) is 15.5. The number of hydrogen-bond donors (Lipinski definition) is 1. The Morgan fingerprint density at radius 3 is 2.89 bits per heavy atom. The molecule has 5 nitrogen and oxygen atoms in total. The number of phenolic OH excluding ortho intramolecular Hbond substituents is 1. The first-order valence-corrected chi connectivity index (χ1v) is 9.65. The van der Waals surface area contributed by atoms with Crippen molar-refractivity contribution in [3.8, 4) is 17.2 Å². The lowest BCUT2D eigenvalue weighted by Crippen LogP contribution is -2.33. The second-order valence-corrected chi connectivity index (χ2v) is 7.54. The van der Waals surface area contributed by atoms with E-state index in [0.717, 1.165) is 33.9 Å². The van der Waals surface area contributed by atoms with Gasteiger partial charge in [-0.3, -0.25) is 0 Å². The molecule has 3 aromatic rings. The van der Waals surface area contributed by atoms with Crippen LogP contribution in [0.2, 0.25) is 0 Å². The minimum absolute atomic E-state index is 0.122. The van der Waals surface area contributed by atoms with E-state index in [9.17, 15) is 5.11 Å². The number of hydrazone groups is 1. The van der Waals surface area contributed by atoms with Crippen LogP contribution in [-0.2, 0) is 0 Å². The highest BCUT2D eigenvalue weighted by atomic mass is 32.1. The number of hydrogen-bond acceptors (Lipinski definition) is 6. The Kier molecular flexibility index (Phi) is 3.79. The van der Waals surface area contributed by atoms with Gasteiger partial charge in [0.15, 0.2) is 11.5 Å². The van der Waals surface area contributed by atoms with Crippen LogP contribution < -0.4 is 9.47 Å². The van der Waals surface area contributed by atoms with Crippen LogP contribution in [0.15, 0.2) is 65.1 Å². The topological polar surface area (TPSA) is 54.3 Å². The zero-order chi connectivity index (χ0) is 18.4. The van der Waals surface area contributed by atoms with Crippen molar-refractivity contribution in [1.29, 1.82) is 0 Å². The Bertz CT molecular complexity index is 1020. The van der Waals surface area contributed by atoms with E-state index in [2.05, 4.69) is 22.5 Å². The Labute approximate surface area is 161 Å². The Morgan fingerprint density at radius 1 is 1.19 bits per heavy atom. The van der Waals surface area contributed by atoms with Crippen molar-refractivity contribution in [1.82, 2.24) is 5.01 Å². The lowest BCUT2D eigenvalue weighted by atomic mass is 9.96. The molecule has 0 aliphatic carbocycles. The van der Waals surface area contributed by atoms with E-state index < -0.39 is 0 Å². The monoisotopic (exact) mass is 378 g/mol. The lowest BCUT2D eigenvalue weighted by molar-refractivity contribution is -0.0165. The van der Waals surface area contributed by atoms with Crippen molar-refractivity contribution < 1.29 is 14.6 Å². The number of nitrogens with zero attached hydrogens (tertiary/aromatic N) is 2. The quantitative estimate of drug-likeness (QED) is 0.717. The third kappa shape index (κ3) is 2.64. The third-order valence-corrected chi connectivity index (χ3v) is 5.90. The summed E-state index contributed by atoms with van der Waals surface area (Å²) in [5.74, 6) is 1.49. The molecule has 1 aromatic heterocycles. The Balaban J connectivity index is 1.58. The summed E-state index contributed by atoms with van der Waals surface area (Å²) >= 11 is 1.67. The number of thiophene rings is 1. The van der Waals surface area contributed by atoms with Crippen molar-refractivity contribution in [3.05, 3.63) is 76.0 Å². The van der Waals surface area contributed by atoms with Crippen molar-refractivity contribution in [2.24, 2.45) is 5.10 Å². The minimum Gasteiger partial charge on any atom is -0.504 e. The van der Waals surface area contributed by atoms with Gasteiger partial charge in [0.1, 0.15) is 5.75 Å². The molecule has 1 N–H and O–H groups in total. The fourth-order valence-electron chi connectivity index (χ4n) is 3.69. The van der Waals surface area contributed by atoms with Crippen LogP contribution in [0.1, 0.15) is 34.7 Å². The Morgan fingerprint density at radius 2 is 2.07 bits per heavy atom. The second-order valence-electron chi connectivity index (χ2n) is 6.56. The molecule has 136 valence electrons. The summed E-state index contributed by atoms with van der Waals surface area (Å²) in [7, 11) is 1.55. The number of para-hydroxylation sites is 1. The van der Waals surface area contributed by atoms with E-state index in [1.807, 2.05) is 36.4 Å². The van der Waals surface area contributed by atoms with Crippen LogP contribution in [-0.4, -0.2) is 22.9 Å². The predicted molar refractivity (Wildman–Crippen MR) is 105 cm³/mol. The first-order valence-electron chi connectivity index (χ1n) is 8.77. The van der Waals surface area contributed by atoms with Gasteiger partial charge >= 0.3 is 0 Å². The predicted octanol–water partition coefficient (Wildman–Crippen LogP) is 4.70. The Hall–Kier alpha value is -2.99. The van der Waals surface area contributed by atoms with E-state index in [-0.39, 0.29) is 18.0 Å². The van der Waals surface area contributed by atoms with Gasteiger partial charge < -0.3 is 14.6 Å². The number of ether oxygens (including phenoxy) is 2. The fourth-order valence-corrected chi connectivity index (χ4v) is 4.43. The van der Waals surface area contributed by atoms with Crippen molar-refractivity contribution in [3.63, 3.8) is 0 Å². The van der Waals surface area contributed by atoms with Gasteiger partial charge in [-0.25, -0.2) is 5.01 Å². The summed E-state index contributed by atoms with van der Waals surface area (Å²) in [6.45, 7) is 0. The molecule has 0 bridgehead atoms. The molecule has 2 aromatic carbocycles. The summed E-state index contributed by atoms with van der Waals surface area (Å²) in [5, 5.41) is 18.9. The van der Waals surface area contributed by atoms with Gasteiger partial charge in [0.25, 0.3) is 0 Å². The lowest BCUT2D eigenvalue weighted by Gasteiger charge is -2.37. The van der Waals surface area contributed by atoms with Crippen LogP contribution >= 0.6 is 11.3 Å². The average molecular weight is 378 g/mol. The largest absolute Gasteiger partial charge is 0.504 e. The van der Waals surface area contributed by atoms with Gasteiger partial charge in [0, 0.05) is 17.5 Å². The number of phenols is 1. The van der Waals surface area contributed by atoms with Crippen LogP contribution in [0.3, 0.4) is 0 Å². The highest BCUT2D eigenvalue weighted by Crippen LogP contribution is 2.48. The summed E-state index contributed by atoms with van der Waals surface area (Å²) in [6, 6.07) is 17.8.